The normalized spacial score (nSPS) is 17.5. The van der Waals surface area contributed by atoms with E-state index in [1.165, 1.54) is 0 Å². The van der Waals surface area contributed by atoms with Gasteiger partial charge in [0.15, 0.2) is 6.10 Å². The smallest absolute Gasteiger partial charge is 0.256 e. The van der Waals surface area contributed by atoms with E-state index in [9.17, 15) is 4.79 Å². The van der Waals surface area contributed by atoms with Crippen molar-refractivity contribution < 1.29 is 9.53 Å². The molecule has 0 saturated carbocycles. The molecule has 1 aromatic carbocycles. The van der Waals surface area contributed by atoms with E-state index < -0.39 is 6.10 Å². The molecular weight excluding hydrogens is 228 g/mol. The van der Waals surface area contributed by atoms with Gasteiger partial charge < -0.3 is 15.0 Å². The lowest BCUT2D eigenvalue weighted by Gasteiger charge is -2.30. The highest BCUT2D eigenvalue weighted by Gasteiger charge is 2.26. The van der Waals surface area contributed by atoms with Crippen LogP contribution in [0.2, 0.25) is 0 Å². The number of rotatable bonds is 4. The highest BCUT2D eigenvalue weighted by molar-refractivity contribution is 5.82. The fourth-order valence-corrected chi connectivity index (χ4v) is 2.16. The third-order valence-electron chi connectivity index (χ3n) is 3.09. The first kappa shape index (κ1) is 13.1. The van der Waals surface area contributed by atoms with Crippen LogP contribution in [0.3, 0.4) is 0 Å². The molecule has 1 fully saturated rings. The molecule has 1 aliphatic rings. The number of nitrogens with zero attached hydrogens (tertiary/aromatic N) is 1. The maximum atomic E-state index is 12.5. The van der Waals surface area contributed by atoms with Crippen LogP contribution in [0.5, 0.6) is 0 Å². The van der Waals surface area contributed by atoms with Crippen LogP contribution in [0.4, 0.5) is 0 Å². The average Bonchev–Trinajstić information content (AvgIpc) is 2.46. The van der Waals surface area contributed by atoms with Crippen LogP contribution < -0.4 is 5.32 Å². The van der Waals surface area contributed by atoms with Crippen LogP contribution in [0, 0.1) is 0 Å². The minimum Gasteiger partial charge on any atom is -0.364 e. The van der Waals surface area contributed by atoms with Gasteiger partial charge in [-0.1, -0.05) is 30.3 Å². The molecule has 1 atom stereocenters. The van der Waals surface area contributed by atoms with Crippen LogP contribution in [0.25, 0.3) is 0 Å². The van der Waals surface area contributed by atoms with Gasteiger partial charge in [-0.25, -0.2) is 0 Å². The molecular formula is C14H20N2O2. The van der Waals surface area contributed by atoms with Gasteiger partial charge in [0.2, 0.25) is 0 Å². The Labute approximate surface area is 108 Å². The largest absolute Gasteiger partial charge is 0.364 e. The fraction of sp³-hybridized carbons (Fsp3) is 0.500. The summed E-state index contributed by atoms with van der Waals surface area (Å²) in [5, 5.41) is 3.25. The Morgan fingerprint density at radius 1 is 1.33 bits per heavy atom. The molecule has 1 unspecified atom stereocenters. The summed E-state index contributed by atoms with van der Waals surface area (Å²) in [7, 11) is 0. The first-order valence-electron chi connectivity index (χ1n) is 6.49. The molecule has 18 heavy (non-hydrogen) atoms. The number of amides is 1. The van der Waals surface area contributed by atoms with Gasteiger partial charge in [0, 0.05) is 32.8 Å². The van der Waals surface area contributed by atoms with Gasteiger partial charge >= 0.3 is 0 Å². The summed E-state index contributed by atoms with van der Waals surface area (Å²) in [5.41, 5.74) is 0.933. The van der Waals surface area contributed by atoms with Crippen molar-refractivity contribution in [2.75, 3.05) is 32.8 Å². The van der Waals surface area contributed by atoms with Gasteiger partial charge in [-0.15, -0.1) is 0 Å². The Morgan fingerprint density at radius 2 is 2.00 bits per heavy atom. The zero-order chi connectivity index (χ0) is 12.8. The number of carbonyl (C=O) groups is 1. The second kappa shape index (κ2) is 6.52. The highest BCUT2D eigenvalue weighted by Crippen LogP contribution is 2.20. The monoisotopic (exact) mass is 248 g/mol. The molecule has 0 spiro atoms. The number of carbonyl (C=O) groups excluding carboxylic acids is 1. The van der Waals surface area contributed by atoms with Crippen LogP contribution in [-0.2, 0) is 9.53 Å². The predicted octanol–water partition coefficient (Wildman–Crippen LogP) is 1.20. The average molecular weight is 248 g/mol. The molecule has 1 aliphatic heterocycles. The van der Waals surface area contributed by atoms with Gasteiger partial charge in [0.1, 0.15) is 0 Å². The summed E-state index contributed by atoms with van der Waals surface area (Å²) in [6.07, 6.45) is -0.464. The maximum absolute atomic E-state index is 12.5. The second-order valence-corrected chi connectivity index (χ2v) is 4.32. The molecule has 2 rings (SSSR count). The SMILES string of the molecule is CCOC(C(=O)N1CCNCC1)c1ccccc1. The third kappa shape index (κ3) is 3.09. The molecule has 0 radical (unpaired) electrons. The van der Waals surface area contributed by atoms with Crippen molar-refractivity contribution in [2.45, 2.75) is 13.0 Å². The van der Waals surface area contributed by atoms with Gasteiger partial charge in [0.05, 0.1) is 0 Å². The van der Waals surface area contributed by atoms with E-state index in [1.54, 1.807) is 0 Å². The maximum Gasteiger partial charge on any atom is 0.256 e. The minimum absolute atomic E-state index is 0.0737. The molecule has 1 aromatic rings. The lowest BCUT2D eigenvalue weighted by Crippen LogP contribution is -2.48. The number of ether oxygens (including phenoxy) is 1. The quantitative estimate of drug-likeness (QED) is 0.870. The number of nitrogens with one attached hydrogen (secondary N) is 1. The van der Waals surface area contributed by atoms with Gasteiger partial charge in [-0.3, -0.25) is 4.79 Å². The molecule has 4 nitrogen and oxygen atoms in total. The molecule has 1 heterocycles. The zero-order valence-electron chi connectivity index (χ0n) is 10.8. The van der Waals surface area contributed by atoms with E-state index in [2.05, 4.69) is 5.32 Å². The van der Waals surface area contributed by atoms with E-state index >= 15 is 0 Å². The summed E-state index contributed by atoms with van der Waals surface area (Å²) in [6, 6.07) is 9.71. The Morgan fingerprint density at radius 3 is 2.61 bits per heavy atom. The summed E-state index contributed by atoms with van der Waals surface area (Å²) in [5.74, 6) is 0.0737. The van der Waals surface area contributed by atoms with Crippen molar-refractivity contribution in [1.82, 2.24) is 10.2 Å². The number of hydrogen-bond acceptors (Lipinski definition) is 3. The van der Waals surface area contributed by atoms with Crippen molar-refractivity contribution in [2.24, 2.45) is 0 Å². The summed E-state index contributed by atoms with van der Waals surface area (Å²) in [4.78, 5) is 14.3. The standard InChI is InChI=1S/C14H20N2O2/c1-2-18-13(12-6-4-3-5-7-12)14(17)16-10-8-15-9-11-16/h3-7,13,15H,2,8-11H2,1H3. The van der Waals surface area contributed by atoms with Gasteiger partial charge in [-0.2, -0.15) is 0 Å². The number of piperazine rings is 1. The number of hydrogen-bond donors (Lipinski definition) is 1. The Balaban J connectivity index is 2.11. The van der Waals surface area contributed by atoms with Crippen LogP contribution in [0.1, 0.15) is 18.6 Å². The molecule has 1 N–H and O–H groups in total. The highest BCUT2D eigenvalue weighted by atomic mass is 16.5. The molecule has 98 valence electrons. The summed E-state index contributed by atoms with van der Waals surface area (Å²) >= 11 is 0. The van der Waals surface area contributed by atoms with Crippen LogP contribution in [0.15, 0.2) is 30.3 Å². The van der Waals surface area contributed by atoms with Crippen molar-refractivity contribution in [3.8, 4) is 0 Å². The summed E-state index contributed by atoms with van der Waals surface area (Å²) < 4.78 is 5.63. The molecule has 0 bridgehead atoms. The molecule has 1 amide bonds. The third-order valence-corrected chi connectivity index (χ3v) is 3.09. The Kier molecular flexibility index (Phi) is 4.73. The molecule has 0 aliphatic carbocycles. The second-order valence-electron chi connectivity index (χ2n) is 4.32. The summed E-state index contributed by atoms with van der Waals surface area (Å²) in [6.45, 7) is 5.70. The van der Waals surface area contributed by atoms with Crippen molar-refractivity contribution in [1.29, 1.82) is 0 Å². The van der Waals surface area contributed by atoms with E-state index in [-0.39, 0.29) is 5.91 Å². The lowest BCUT2D eigenvalue weighted by molar-refractivity contribution is -0.144. The van der Waals surface area contributed by atoms with Crippen LogP contribution >= 0.6 is 0 Å². The van der Waals surface area contributed by atoms with Crippen molar-refractivity contribution >= 4 is 5.91 Å². The molecule has 1 saturated heterocycles. The number of benzene rings is 1. The minimum atomic E-state index is -0.464. The Bertz CT molecular complexity index is 375. The van der Waals surface area contributed by atoms with E-state index in [4.69, 9.17) is 4.74 Å². The van der Waals surface area contributed by atoms with E-state index in [0.717, 1.165) is 31.7 Å². The van der Waals surface area contributed by atoms with Crippen molar-refractivity contribution in [3.05, 3.63) is 35.9 Å². The fourth-order valence-electron chi connectivity index (χ4n) is 2.16. The van der Waals surface area contributed by atoms with Crippen molar-refractivity contribution in [3.63, 3.8) is 0 Å². The van der Waals surface area contributed by atoms with E-state index in [1.807, 2.05) is 42.2 Å². The Hall–Kier alpha value is -1.39. The van der Waals surface area contributed by atoms with Gasteiger partial charge in [0.25, 0.3) is 5.91 Å². The van der Waals surface area contributed by atoms with Crippen LogP contribution in [-0.4, -0.2) is 43.6 Å². The first-order valence-corrected chi connectivity index (χ1v) is 6.49. The lowest BCUT2D eigenvalue weighted by atomic mass is 10.1. The predicted molar refractivity (Wildman–Crippen MR) is 70.3 cm³/mol. The topological polar surface area (TPSA) is 41.6 Å². The van der Waals surface area contributed by atoms with Gasteiger partial charge in [-0.05, 0) is 12.5 Å². The zero-order valence-corrected chi connectivity index (χ0v) is 10.8. The first-order chi connectivity index (χ1) is 8.83. The molecule has 0 aromatic heterocycles. The van der Waals surface area contributed by atoms with E-state index in [0.29, 0.717) is 6.61 Å². The molecule has 4 heteroatoms.